The molecule has 0 radical (unpaired) electrons. The number of piperazine rings is 1. The second kappa shape index (κ2) is 11.7. The number of pyridine rings is 1. The van der Waals surface area contributed by atoms with Crippen molar-refractivity contribution >= 4 is 34.1 Å². The standard InChI is InChI=1S/C30H30N4O4/c1-37-28-19-27(32-26-10-6-5-9-25(26)28)30(36)34-17-15-33(16-18-34)24-13-11-23(12-14-24)31-29(35)21-38-20-22-7-3-2-4-8-22/h2-14,19H,15-18,20-21H2,1H3,(H,31,35). The molecule has 0 saturated carbocycles. The number of amides is 2. The smallest absolute Gasteiger partial charge is 0.272 e. The van der Waals surface area contributed by atoms with E-state index in [-0.39, 0.29) is 18.4 Å². The number of nitrogens with zero attached hydrogens (tertiary/aromatic N) is 3. The summed E-state index contributed by atoms with van der Waals surface area (Å²) >= 11 is 0. The quantitative estimate of drug-likeness (QED) is 0.379. The molecule has 2 amide bonds. The molecule has 8 nitrogen and oxygen atoms in total. The molecule has 194 valence electrons. The lowest BCUT2D eigenvalue weighted by Crippen LogP contribution is -2.49. The van der Waals surface area contributed by atoms with E-state index < -0.39 is 0 Å². The van der Waals surface area contributed by atoms with E-state index in [0.717, 1.165) is 22.2 Å². The van der Waals surface area contributed by atoms with E-state index in [1.807, 2.05) is 83.8 Å². The summed E-state index contributed by atoms with van der Waals surface area (Å²) in [5.41, 5.74) is 3.92. The topological polar surface area (TPSA) is 84.0 Å². The highest BCUT2D eigenvalue weighted by atomic mass is 16.5. The van der Waals surface area contributed by atoms with E-state index in [2.05, 4.69) is 15.2 Å². The summed E-state index contributed by atoms with van der Waals surface area (Å²) < 4.78 is 11.0. The number of para-hydroxylation sites is 1. The van der Waals surface area contributed by atoms with Gasteiger partial charge in [-0.15, -0.1) is 0 Å². The maximum Gasteiger partial charge on any atom is 0.272 e. The molecule has 5 rings (SSSR count). The van der Waals surface area contributed by atoms with Gasteiger partial charge in [0.1, 0.15) is 18.1 Å². The highest BCUT2D eigenvalue weighted by molar-refractivity contribution is 5.97. The van der Waals surface area contributed by atoms with E-state index in [4.69, 9.17) is 9.47 Å². The van der Waals surface area contributed by atoms with Crippen molar-refractivity contribution in [3.05, 3.63) is 96.2 Å². The lowest BCUT2D eigenvalue weighted by molar-refractivity contribution is -0.121. The number of ether oxygens (including phenoxy) is 2. The van der Waals surface area contributed by atoms with Crippen molar-refractivity contribution in [3.8, 4) is 5.75 Å². The van der Waals surface area contributed by atoms with Gasteiger partial charge in [0, 0.05) is 49.0 Å². The van der Waals surface area contributed by atoms with Crippen LogP contribution in [0.15, 0.2) is 84.9 Å². The van der Waals surface area contributed by atoms with Crippen LogP contribution in [0.4, 0.5) is 11.4 Å². The Bertz CT molecular complexity index is 1400. The first-order valence-electron chi connectivity index (χ1n) is 12.6. The summed E-state index contributed by atoms with van der Waals surface area (Å²) in [7, 11) is 1.60. The maximum absolute atomic E-state index is 13.2. The van der Waals surface area contributed by atoms with Crippen LogP contribution in [0, 0.1) is 0 Å². The number of rotatable bonds is 8. The minimum absolute atomic E-state index is 0.00935. The number of nitrogens with one attached hydrogen (secondary N) is 1. The van der Waals surface area contributed by atoms with Crippen LogP contribution >= 0.6 is 0 Å². The number of anilines is 2. The Morgan fingerprint density at radius 3 is 2.34 bits per heavy atom. The molecule has 8 heteroatoms. The maximum atomic E-state index is 13.2. The third-order valence-corrected chi connectivity index (χ3v) is 6.55. The van der Waals surface area contributed by atoms with Crippen LogP contribution in [0.25, 0.3) is 10.9 Å². The van der Waals surface area contributed by atoms with Gasteiger partial charge >= 0.3 is 0 Å². The van der Waals surface area contributed by atoms with Gasteiger partial charge in [-0.1, -0.05) is 42.5 Å². The predicted molar refractivity (Wildman–Crippen MR) is 148 cm³/mol. The van der Waals surface area contributed by atoms with Gasteiger partial charge in [-0.05, 0) is 42.0 Å². The van der Waals surface area contributed by atoms with E-state index in [0.29, 0.717) is 49.9 Å². The average molecular weight is 511 g/mol. The molecule has 0 unspecified atom stereocenters. The number of carbonyl (C=O) groups is 2. The monoisotopic (exact) mass is 510 g/mol. The lowest BCUT2D eigenvalue weighted by atomic mass is 10.1. The Kier molecular flexibility index (Phi) is 7.80. The number of methoxy groups -OCH3 is 1. The fourth-order valence-electron chi connectivity index (χ4n) is 4.54. The molecule has 3 aromatic carbocycles. The van der Waals surface area contributed by atoms with Crippen LogP contribution in [0.2, 0.25) is 0 Å². The zero-order valence-corrected chi connectivity index (χ0v) is 21.3. The van der Waals surface area contributed by atoms with Gasteiger partial charge in [-0.25, -0.2) is 4.98 Å². The van der Waals surface area contributed by atoms with Gasteiger partial charge in [0.25, 0.3) is 5.91 Å². The largest absolute Gasteiger partial charge is 0.496 e. The second-order valence-electron chi connectivity index (χ2n) is 9.08. The number of fused-ring (bicyclic) bond motifs is 1. The molecule has 38 heavy (non-hydrogen) atoms. The molecule has 4 aromatic rings. The average Bonchev–Trinajstić information content (AvgIpc) is 2.97. The first-order chi connectivity index (χ1) is 18.6. The fraction of sp³-hybridized carbons (Fsp3) is 0.233. The number of hydrogen-bond acceptors (Lipinski definition) is 6. The van der Waals surface area contributed by atoms with Crippen LogP contribution in [-0.4, -0.2) is 61.6 Å². The van der Waals surface area contributed by atoms with Gasteiger partial charge in [0.15, 0.2) is 0 Å². The molecule has 1 saturated heterocycles. The molecule has 1 aromatic heterocycles. The van der Waals surface area contributed by atoms with Gasteiger partial charge in [0.05, 0.1) is 19.2 Å². The van der Waals surface area contributed by atoms with Crippen molar-refractivity contribution in [1.29, 1.82) is 0 Å². The first-order valence-corrected chi connectivity index (χ1v) is 12.6. The molecule has 1 aliphatic rings. The van der Waals surface area contributed by atoms with Crippen molar-refractivity contribution in [2.75, 3.05) is 50.1 Å². The summed E-state index contributed by atoms with van der Waals surface area (Å²) in [5.74, 6) is 0.355. The third-order valence-electron chi connectivity index (χ3n) is 6.55. The zero-order valence-electron chi connectivity index (χ0n) is 21.3. The van der Waals surface area contributed by atoms with E-state index in [9.17, 15) is 9.59 Å². The Hall–Kier alpha value is -4.43. The van der Waals surface area contributed by atoms with E-state index in [1.165, 1.54) is 0 Å². The number of aromatic nitrogens is 1. The van der Waals surface area contributed by atoms with Crippen LogP contribution in [0.3, 0.4) is 0 Å². The Labute approximate surface area is 221 Å². The molecule has 0 bridgehead atoms. The number of carbonyl (C=O) groups excluding carboxylic acids is 2. The van der Waals surface area contributed by atoms with Crippen LogP contribution < -0.4 is 15.0 Å². The van der Waals surface area contributed by atoms with Gasteiger partial charge in [0.2, 0.25) is 5.91 Å². The van der Waals surface area contributed by atoms with Crippen molar-refractivity contribution < 1.29 is 19.1 Å². The Morgan fingerprint density at radius 1 is 0.895 bits per heavy atom. The molecular formula is C30H30N4O4. The molecule has 1 aliphatic heterocycles. The fourth-order valence-corrected chi connectivity index (χ4v) is 4.54. The summed E-state index contributed by atoms with van der Waals surface area (Å²) in [6, 6.07) is 26.8. The second-order valence-corrected chi connectivity index (χ2v) is 9.08. The van der Waals surface area contributed by atoms with E-state index in [1.54, 1.807) is 13.2 Å². The molecule has 0 aliphatic carbocycles. The molecule has 1 N–H and O–H groups in total. The Balaban J connectivity index is 1.12. The summed E-state index contributed by atoms with van der Waals surface area (Å²) in [5, 5.41) is 3.75. The van der Waals surface area contributed by atoms with Crippen LogP contribution in [-0.2, 0) is 16.1 Å². The highest BCUT2D eigenvalue weighted by Crippen LogP contribution is 2.26. The Morgan fingerprint density at radius 2 is 1.61 bits per heavy atom. The summed E-state index contributed by atoms with van der Waals surface area (Å²) in [4.78, 5) is 34.1. The molecule has 0 atom stereocenters. The highest BCUT2D eigenvalue weighted by Gasteiger charge is 2.24. The normalized spacial score (nSPS) is 13.4. The third kappa shape index (κ3) is 5.92. The van der Waals surface area contributed by atoms with Gasteiger partial charge in [-0.2, -0.15) is 0 Å². The molecule has 2 heterocycles. The van der Waals surface area contributed by atoms with Gasteiger partial charge < -0.3 is 24.6 Å². The van der Waals surface area contributed by atoms with Crippen molar-refractivity contribution in [2.24, 2.45) is 0 Å². The first kappa shape index (κ1) is 25.2. The summed E-state index contributed by atoms with van der Waals surface area (Å²) in [6.45, 7) is 2.97. The van der Waals surface area contributed by atoms with E-state index >= 15 is 0 Å². The van der Waals surface area contributed by atoms with Crippen molar-refractivity contribution in [1.82, 2.24) is 9.88 Å². The van der Waals surface area contributed by atoms with Crippen LogP contribution in [0.1, 0.15) is 16.1 Å². The predicted octanol–water partition coefficient (Wildman–Crippen LogP) is 4.36. The summed E-state index contributed by atoms with van der Waals surface area (Å²) in [6.07, 6.45) is 0. The number of benzene rings is 3. The van der Waals surface area contributed by atoms with Crippen molar-refractivity contribution in [2.45, 2.75) is 6.61 Å². The minimum atomic E-state index is -0.195. The SMILES string of the molecule is COc1cc(C(=O)N2CCN(c3ccc(NC(=O)COCc4ccccc4)cc3)CC2)nc2ccccc12. The van der Waals surface area contributed by atoms with Crippen LogP contribution in [0.5, 0.6) is 5.75 Å². The minimum Gasteiger partial charge on any atom is -0.496 e. The van der Waals surface area contributed by atoms with Crippen molar-refractivity contribution in [3.63, 3.8) is 0 Å². The molecule has 1 fully saturated rings. The molecule has 0 spiro atoms. The van der Waals surface area contributed by atoms with Gasteiger partial charge in [-0.3, -0.25) is 9.59 Å². The lowest BCUT2D eigenvalue weighted by Gasteiger charge is -2.36. The molecular weight excluding hydrogens is 480 g/mol. The zero-order chi connectivity index (χ0) is 26.3. The number of hydrogen-bond donors (Lipinski definition) is 1.